The van der Waals surface area contributed by atoms with E-state index in [-0.39, 0.29) is 5.97 Å². The molecule has 27 heavy (non-hydrogen) atoms. The minimum Gasteiger partial charge on any atom is -0.465 e. The van der Waals surface area contributed by atoms with Gasteiger partial charge in [0.15, 0.2) is 0 Å². The van der Waals surface area contributed by atoms with Crippen molar-refractivity contribution in [2.75, 3.05) is 13.2 Å². The summed E-state index contributed by atoms with van der Waals surface area (Å²) in [5, 5.41) is 0. The first kappa shape index (κ1) is 26.9. The van der Waals surface area contributed by atoms with E-state index in [4.69, 9.17) is 9.26 Å². The number of unbranched alkanes of at least 4 members (excludes halogenated alkanes) is 12. The zero-order chi connectivity index (χ0) is 20.0. The summed E-state index contributed by atoms with van der Waals surface area (Å²) < 4.78 is 10.4. The lowest BCUT2D eigenvalue weighted by Crippen LogP contribution is -2.15. The highest BCUT2D eigenvalue weighted by atomic mass is 31.0. The summed E-state index contributed by atoms with van der Waals surface area (Å²) in [6, 6.07) is 0. The van der Waals surface area contributed by atoms with E-state index in [1.807, 2.05) is 0 Å². The van der Waals surface area contributed by atoms with E-state index < -0.39 is 0 Å². The summed E-state index contributed by atoms with van der Waals surface area (Å²) in [7, 11) is 2.18. The van der Waals surface area contributed by atoms with Crippen molar-refractivity contribution in [3.63, 3.8) is 0 Å². The van der Waals surface area contributed by atoms with Gasteiger partial charge in [0.2, 0.25) is 0 Å². The summed E-state index contributed by atoms with van der Waals surface area (Å²) in [6.45, 7) is 5.55. The van der Waals surface area contributed by atoms with Gasteiger partial charge in [0, 0.05) is 9.47 Å². The fourth-order valence-corrected chi connectivity index (χ4v) is 3.63. The summed E-state index contributed by atoms with van der Waals surface area (Å²) in [6.07, 6.45) is 21.6. The fraction of sp³-hybridized carbons (Fsp3) is 0.957. The summed E-state index contributed by atoms with van der Waals surface area (Å²) in [4.78, 5) is 11.7. The molecular weight excluding hydrogens is 355 g/mol. The molecule has 0 aliphatic heterocycles. The molecular formula is C23H47O3P. The van der Waals surface area contributed by atoms with Gasteiger partial charge in [-0.3, -0.25) is 4.79 Å². The maximum atomic E-state index is 11.7. The minimum absolute atomic E-state index is 0.124. The van der Waals surface area contributed by atoms with Crippen LogP contribution in [0.1, 0.15) is 123 Å². The molecule has 0 aromatic carbocycles. The smallest absolute Gasteiger partial charge is 0.308 e. The third-order valence-corrected chi connectivity index (χ3v) is 5.57. The average molecular weight is 403 g/mol. The molecule has 0 aliphatic rings. The fourth-order valence-electron chi connectivity index (χ4n) is 3.52. The van der Waals surface area contributed by atoms with E-state index in [1.54, 1.807) is 0 Å². The van der Waals surface area contributed by atoms with Gasteiger partial charge < -0.3 is 9.26 Å². The van der Waals surface area contributed by atoms with Crippen molar-refractivity contribution in [1.82, 2.24) is 0 Å². The Balaban J connectivity index is 3.91. The predicted octanol–water partition coefficient (Wildman–Crippen LogP) is 7.62. The summed E-state index contributed by atoms with van der Waals surface area (Å²) in [5.74, 6) is 0.415. The second kappa shape index (κ2) is 22.2. The molecule has 0 fully saturated rings. The maximum absolute atomic E-state index is 11.7. The molecule has 0 amide bonds. The van der Waals surface area contributed by atoms with Gasteiger partial charge in [-0.05, 0) is 18.8 Å². The van der Waals surface area contributed by atoms with Crippen molar-refractivity contribution in [1.29, 1.82) is 0 Å². The van der Waals surface area contributed by atoms with Crippen LogP contribution < -0.4 is 0 Å². The van der Waals surface area contributed by atoms with E-state index in [2.05, 4.69) is 23.3 Å². The van der Waals surface area contributed by atoms with Crippen LogP contribution in [0.2, 0.25) is 0 Å². The topological polar surface area (TPSA) is 35.5 Å². The molecule has 0 N–H and O–H groups in total. The van der Waals surface area contributed by atoms with Gasteiger partial charge in [-0.25, -0.2) is 0 Å². The Morgan fingerprint density at radius 3 is 1.63 bits per heavy atom. The van der Waals surface area contributed by atoms with Crippen molar-refractivity contribution in [3.05, 3.63) is 0 Å². The zero-order valence-corrected chi connectivity index (χ0v) is 19.5. The van der Waals surface area contributed by atoms with Crippen LogP contribution >= 0.6 is 9.47 Å². The van der Waals surface area contributed by atoms with Crippen LogP contribution in [-0.4, -0.2) is 19.2 Å². The highest BCUT2D eigenvalue weighted by Gasteiger charge is 2.12. The Labute approximate surface area is 172 Å². The van der Waals surface area contributed by atoms with Crippen molar-refractivity contribution in [3.8, 4) is 0 Å². The molecule has 0 spiro atoms. The highest BCUT2D eigenvalue weighted by molar-refractivity contribution is 7.09. The Morgan fingerprint density at radius 1 is 0.741 bits per heavy atom. The molecule has 2 atom stereocenters. The molecule has 0 aromatic rings. The molecule has 0 saturated heterocycles. The normalized spacial score (nSPS) is 12.3. The van der Waals surface area contributed by atoms with Crippen LogP contribution in [0.25, 0.3) is 0 Å². The van der Waals surface area contributed by atoms with Crippen molar-refractivity contribution < 1.29 is 14.1 Å². The second-order valence-electron chi connectivity index (χ2n) is 7.99. The van der Waals surface area contributed by atoms with E-state index in [0.29, 0.717) is 25.6 Å². The standard InChI is InChI=1S/C23H47O3P/c1-3-5-7-9-11-12-14-16-18-22(17-15-13-10-8-6-4-2)21-25-23(24)19-20-26-27/h22H,3-21,27H2,1-2H3. The number of carbonyl (C=O) groups excluding carboxylic acids is 1. The van der Waals surface area contributed by atoms with Crippen LogP contribution in [0.15, 0.2) is 0 Å². The largest absolute Gasteiger partial charge is 0.465 e. The third-order valence-electron chi connectivity index (χ3n) is 5.34. The van der Waals surface area contributed by atoms with Gasteiger partial charge in [0.25, 0.3) is 0 Å². The van der Waals surface area contributed by atoms with Gasteiger partial charge in [0.05, 0.1) is 19.6 Å². The number of hydrogen-bond acceptors (Lipinski definition) is 3. The Morgan fingerprint density at radius 2 is 1.19 bits per heavy atom. The molecule has 162 valence electrons. The number of rotatable bonds is 21. The molecule has 0 saturated carbocycles. The zero-order valence-electron chi connectivity index (χ0n) is 18.3. The van der Waals surface area contributed by atoms with Crippen molar-refractivity contribution >= 4 is 15.4 Å². The molecule has 0 heterocycles. The summed E-state index contributed by atoms with van der Waals surface area (Å²) in [5.41, 5.74) is 0. The first-order valence-corrected chi connectivity index (χ1v) is 12.2. The van der Waals surface area contributed by atoms with Gasteiger partial charge in [-0.2, -0.15) is 0 Å². The number of ether oxygens (including phenoxy) is 1. The Bertz CT molecular complexity index is 310. The summed E-state index contributed by atoms with van der Waals surface area (Å²) >= 11 is 0. The van der Waals surface area contributed by atoms with Gasteiger partial charge in [-0.15, -0.1) is 0 Å². The molecule has 0 bridgehead atoms. The van der Waals surface area contributed by atoms with E-state index in [0.717, 1.165) is 0 Å². The molecule has 0 rings (SSSR count). The van der Waals surface area contributed by atoms with E-state index in [1.165, 1.54) is 103 Å². The number of hydrogen-bond donors (Lipinski definition) is 0. The van der Waals surface area contributed by atoms with Crippen LogP contribution in [0, 0.1) is 5.92 Å². The third kappa shape index (κ3) is 20.4. The minimum atomic E-state index is -0.124. The van der Waals surface area contributed by atoms with Crippen LogP contribution in [0.5, 0.6) is 0 Å². The average Bonchev–Trinajstić information content (AvgIpc) is 2.68. The van der Waals surface area contributed by atoms with Gasteiger partial charge in [-0.1, -0.05) is 104 Å². The SMILES string of the molecule is CCCCCCCCCCC(CCCCCCCC)COC(=O)CCOP. The number of esters is 1. The van der Waals surface area contributed by atoms with Crippen LogP contribution in [0.4, 0.5) is 0 Å². The molecule has 0 aromatic heterocycles. The maximum Gasteiger partial charge on any atom is 0.308 e. The highest BCUT2D eigenvalue weighted by Crippen LogP contribution is 2.20. The monoisotopic (exact) mass is 402 g/mol. The lowest BCUT2D eigenvalue weighted by Gasteiger charge is -2.17. The Hall–Kier alpha value is -0.140. The molecule has 2 unspecified atom stereocenters. The predicted molar refractivity (Wildman–Crippen MR) is 120 cm³/mol. The molecule has 4 heteroatoms. The first-order chi connectivity index (χ1) is 13.2. The van der Waals surface area contributed by atoms with Crippen molar-refractivity contribution in [2.45, 2.75) is 123 Å². The van der Waals surface area contributed by atoms with Crippen LogP contribution in [0.3, 0.4) is 0 Å². The molecule has 3 nitrogen and oxygen atoms in total. The first-order valence-electron chi connectivity index (χ1n) is 11.7. The van der Waals surface area contributed by atoms with Crippen LogP contribution in [-0.2, 0) is 14.1 Å². The van der Waals surface area contributed by atoms with Gasteiger partial charge >= 0.3 is 5.97 Å². The van der Waals surface area contributed by atoms with Crippen molar-refractivity contribution in [2.24, 2.45) is 5.92 Å². The number of carbonyl (C=O) groups is 1. The second-order valence-corrected chi connectivity index (χ2v) is 8.32. The lowest BCUT2D eigenvalue weighted by atomic mass is 9.94. The quantitative estimate of drug-likeness (QED) is 0.112. The lowest BCUT2D eigenvalue weighted by molar-refractivity contribution is -0.145. The molecule has 0 radical (unpaired) electrons. The van der Waals surface area contributed by atoms with E-state index in [9.17, 15) is 4.79 Å². The van der Waals surface area contributed by atoms with E-state index >= 15 is 0 Å². The molecule has 0 aliphatic carbocycles. The van der Waals surface area contributed by atoms with Gasteiger partial charge in [0.1, 0.15) is 0 Å². The Kier molecular flexibility index (Phi) is 22.0.